The van der Waals surface area contributed by atoms with Crippen molar-refractivity contribution in [2.24, 2.45) is 5.92 Å². The van der Waals surface area contributed by atoms with E-state index >= 15 is 0 Å². The number of halogens is 3. The zero-order valence-electron chi connectivity index (χ0n) is 19.0. The molecule has 4 rings (SSSR count). The average molecular weight is 559 g/mol. The number of anilines is 1. The van der Waals surface area contributed by atoms with Gasteiger partial charge in [0.1, 0.15) is 22.1 Å². The topological polar surface area (TPSA) is 94.1 Å². The Balaban J connectivity index is 1.66. The number of rotatable bonds is 7. The zero-order valence-corrected chi connectivity index (χ0v) is 22.1. The lowest BCUT2D eigenvalue weighted by molar-refractivity contribution is -0.129. The number of benzene rings is 2. The molecule has 2 aromatic rings. The maximum absolute atomic E-state index is 13.6. The molecule has 11 heteroatoms. The number of nitrogens with one attached hydrogen (secondary N) is 1. The van der Waals surface area contributed by atoms with Crippen molar-refractivity contribution in [3.8, 4) is 17.2 Å². The summed E-state index contributed by atoms with van der Waals surface area (Å²) < 4.78 is 16.7. The van der Waals surface area contributed by atoms with Crippen molar-refractivity contribution >= 4 is 63.8 Å². The first-order valence-corrected chi connectivity index (χ1v) is 12.7. The maximum atomic E-state index is 13.6. The first-order valence-electron chi connectivity index (χ1n) is 10.6. The molecule has 0 saturated heterocycles. The monoisotopic (exact) mass is 557 g/mol. The Kier molecular flexibility index (Phi) is 7.50. The van der Waals surface area contributed by atoms with Gasteiger partial charge in [-0.3, -0.25) is 9.59 Å². The van der Waals surface area contributed by atoms with Gasteiger partial charge in [-0.1, -0.05) is 41.7 Å². The number of aliphatic hydroxyl groups is 1. The van der Waals surface area contributed by atoms with Crippen LogP contribution < -0.4 is 19.5 Å². The number of fused-ring (bicyclic) bond motifs is 1. The molecule has 0 bridgehead atoms. The molecule has 0 amide bonds. The van der Waals surface area contributed by atoms with Crippen LogP contribution in [-0.2, 0) is 4.79 Å². The van der Waals surface area contributed by atoms with E-state index < -0.39 is 23.1 Å². The van der Waals surface area contributed by atoms with Crippen LogP contribution >= 0.6 is 46.6 Å². The summed E-state index contributed by atoms with van der Waals surface area (Å²) in [4.78, 5) is 27.8. The standard InChI is InChI=1S/C24H22Cl3NO6S/c1-11-8-12(28-13-4-5-16(35-7-6-29)21(27)19(13)25)9-17(30)24(11)23(31)18-14(32-2)10-15(33-3)20(26)22(18)34-24/h4-5,9-11,28-29H,6-8H2,1-3H3/t11-,24+/m1/s1. The lowest BCUT2D eigenvalue weighted by Crippen LogP contribution is -2.55. The van der Waals surface area contributed by atoms with Gasteiger partial charge >= 0.3 is 0 Å². The number of hydrogen-bond donors (Lipinski definition) is 2. The molecule has 7 nitrogen and oxygen atoms in total. The van der Waals surface area contributed by atoms with E-state index in [2.05, 4.69) is 5.32 Å². The van der Waals surface area contributed by atoms with Crippen molar-refractivity contribution in [2.45, 2.75) is 23.8 Å². The molecule has 1 aliphatic carbocycles. The first-order chi connectivity index (χ1) is 16.7. The lowest BCUT2D eigenvalue weighted by atomic mass is 9.74. The third-order valence-corrected chi connectivity index (χ3v) is 8.39. The lowest BCUT2D eigenvalue weighted by Gasteiger charge is -2.35. The number of ether oxygens (including phenoxy) is 3. The van der Waals surface area contributed by atoms with Crippen LogP contribution in [0.3, 0.4) is 0 Å². The van der Waals surface area contributed by atoms with Gasteiger partial charge < -0.3 is 24.6 Å². The third-order valence-electron chi connectivity index (χ3n) is 6.00. The van der Waals surface area contributed by atoms with E-state index in [1.807, 2.05) is 0 Å². The number of methoxy groups -OCH3 is 2. The number of carbonyl (C=O) groups excluding carboxylic acids is 2. The van der Waals surface area contributed by atoms with Gasteiger partial charge in [0, 0.05) is 34.4 Å². The smallest absolute Gasteiger partial charge is 0.236 e. The summed E-state index contributed by atoms with van der Waals surface area (Å²) >= 11 is 20.6. The van der Waals surface area contributed by atoms with Gasteiger partial charge in [0.25, 0.3) is 0 Å². The van der Waals surface area contributed by atoms with Crippen LogP contribution in [0, 0.1) is 5.92 Å². The molecular formula is C24H22Cl3NO6S. The minimum atomic E-state index is -1.76. The van der Waals surface area contributed by atoms with Crippen molar-refractivity contribution in [3.05, 3.63) is 50.6 Å². The van der Waals surface area contributed by atoms with Gasteiger partial charge in [0.05, 0.1) is 36.6 Å². The SMILES string of the molecule is COc1cc(OC)c2c(c1Cl)O[C@@]1(C(=O)C=C(Nc3ccc(SCCO)c(Cl)c3Cl)C[C@H]1C)C2=O. The van der Waals surface area contributed by atoms with E-state index in [0.717, 1.165) is 4.90 Å². The first kappa shape index (κ1) is 26.0. The quantitative estimate of drug-likeness (QED) is 0.332. The van der Waals surface area contributed by atoms with E-state index in [4.69, 9.17) is 54.1 Å². The highest BCUT2D eigenvalue weighted by molar-refractivity contribution is 7.99. The van der Waals surface area contributed by atoms with Crippen LogP contribution in [0.25, 0.3) is 0 Å². The Bertz CT molecular complexity index is 1250. The van der Waals surface area contributed by atoms with Gasteiger partial charge in [-0.05, 0) is 18.6 Å². The summed E-state index contributed by atoms with van der Waals surface area (Å²) in [7, 11) is 2.85. The Morgan fingerprint density at radius 3 is 2.49 bits per heavy atom. The summed E-state index contributed by atoms with van der Waals surface area (Å²) in [5.74, 6) is -0.516. The van der Waals surface area contributed by atoms with Crippen LogP contribution in [0.5, 0.6) is 17.2 Å². The Morgan fingerprint density at radius 2 is 1.86 bits per heavy atom. The Hall–Kier alpha value is -2.10. The molecule has 2 aliphatic rings. The molecule has 2 aromatic carbocycles. The Labute approximate surface area is 221 Å². The van der Waals surface area contributed by atoms with Crippen molar-refractivity contribution < 1.29 is 28.9 Å². The second-order valence-electron chi connectivity index (χ2n) is 8.04. The number of allylic oxidation sites excluding steroid dienone is 1. The predicted molar refractivity (Wildman–Crippen MR) is 137 cm³/mol. The molecule has 2 atom stereocenters. The van der Waals surface area contributed by atoms with Gasteiger partial charge in [-0.25, -0.2) is 0 Å². The van der Waals surface area contributed by atoms with Crippen LogP contribution in [0.4, 0.5) is 5.69 Å². The molecule has 2 N–H and O–H groups in total. The predicted octanol–water partition coefficient (Wildman–Crippen LogP) is 5.67. The molecule has 0 unspecified atom stereocenters. The summed E-state index contributed by atoms with van der Waals surface area (Å²) in [6.07, 6.45) is 1.66. The van der Waals surface area contributed by atoms with Gasteiger partial charge in [-0.2, -0.15) is 0 Å². The fourth-order valence-electron chi connectivity index (χ4n) is 4.28. The molecular weight excluding hydrogens is 537 g/mol. The van der Waals surface area contributed by atoms with E-state index in [9.17, 15) is 9.59 Å². The van der Waals surface area contributed by atoms with Crippen LogP contribution in [0.1, 0.15) is 23.7 Å². The Morgan fingerprint density at radius 1 is 1.14 bits per heavy atom. The van der Waals surface area contributed by atoms with Crippen LogP contribution in [0.15, 0.2) is 34.9 Å². The largest absolute Gasteiger partial charge is 0.496 e. The summed E-state index contributed by atoms with van der Waals surface area (Å²) in [6, 6.07) is 5.03. The van der Waals surface area contributed by atoms with Crippen molar-refractivity contribution in [1.82, 2.24) is 0 Å². The third kappa shape index (κ3) is 4.25. The number of hydrogen-bond acceptors (Lipinski definition) is 8. The number of ketones is 2. The molecule has 0 radical (unpaired) electrons. The average Bonchev–Trinajstić information content (AvgIpc) is 3.15. The number of Topliss-reactive ketones (excluding diaryl/α,β-unsaturated/α-hetero) is 1. The van der Waals surface area contributed by atoms with Gasteiger partial charge in [0.15, 0.2) is 5.75 Å². The molecule has 35 heavy (non-hydrogen) atoms. The highest BCUT2D eigenvalue weighted by atomic mass is 35.5. The van der Waals surface area contributed by atoms with Crippen molar-refractivity contribution in [2.75, 3.05) is 31.9 Å². The minimum absolute atomic E-state index is 0.0157. The zero-order chi connectivity index (χ0) is 25.5. The number of thioether (sulfide) groups is 1. The summed E-state index contributed by atoms with van der Waals surface area (Å²) in [6.45, 7) is 1.78. The second-order valence-corrected chi connectivity index (χ2v) is 10.3. The highest BCUT2D eigenvalue weighted by Gasteiger charge is 2.60. The molecule has 1 aliphatic heterocycles. The van der Waals surface area contributed by atoms with E-state index in [0.29, 0.717) is 33.6 Å². The van der Waals surface area contributed by atoms with Gasteiger partial charge in [0.2, 0.25) is 17.2 Å². The molecule has 1 heterocycles. The maximum Gasteiger partial charge on any atom is 0.236 e. The number of aliphatic hydroxyl groups excluding tert-OH is 1. The van der Waals surface area contributed by atoms with Crippen LogP contribution in [0.2, 0.25) is 15.1 Å². The molecule has 0 fully saturated rings. The molecule has 0 saturated carbocycles. The summed E-state index contributed by atoms with van der Waals surface area (Å²) in [5.41, 5.74) is -0.564. The van der Waals surface area contributed by atoms with Crippen molar-refractivity contribution in [3.63, 3.8) is 0 Å². The molecule has 1 spiro atoms. The van der Waals surface area contributed by atoms with Gasteiger partial charge in [-0.15, -0.1) is 11.8 Å². The van der Waals surface area contributed by atoms with E-state index in [1.165, 1.54) is 38.1 Å². The molecule has 186 valence electrons. The fourth-order valence-corrected chi connectivity index (χ4v) is 5.85. The number of carbonyl (C=O) groups is 2. The normalized spacial score (nSPS) is 21.0. The van der Waals surface area contributed by atoms with E-state index in [-0.39, 0.29) is 34.4 Å². The van der Waals surface area contributed by atoms with Crippen LogP contribution in [-0.4, -0.2) is 48.9 Å². The minimum Gasteiger partial charge on any atom is -0.496 e. The molecule has 0 aromatic heterocycles. The van der Waals surface area contributed by atoms with E-state index in [1.54, 1.807) is 19.1 Å². The van der Waals surface area contributed by atoms with Crippen molar-refractivity contribution in [1.29, 1.82) is 0 Å². The fraction of sp³-hybridized carbons (Fsp3) is 0.333. The summed E-state index contributed by atoms with van der Waals surface area (Å²) in [5, 5.41) is 12.9. The highest BCUT2D eigenvalue weighted by Crippen LogP contribution is 2.53. The second kappa shape index (κ2) is 10.1.